The Morgan fingerprint density at radius 2 is 1.62 bits per heavy atom. The van der Waals surface area contributed by atoms with Crippen LogP contribution in [0, 0.1) is 0 Å². The Morgan fingerprint density at radius 1 is 0.938 bits per heavy atom. The molecule has 1 aromatic heterocycles. The molecule has 1 atom stereocenters. The van der Waals surface area contributed by atoms with Gasteiger partial charge >= 0.3 is 18.1 Å². The molecular formula is C24H21F3N2O3. The Hall–Kier alpha value is -3.68. The third-order valence-electron chi connectivity index (χ3n) is 4.88. The van der Waals surface area contributed by atoms with E-state index in [1.165, 1.54) is 18.3 Å². The van der Waals surface area contributed by atoms with E-state index in [0.717, 1.165) is 17.7 Å². The lowest BCUT2D eigenvalue weighted by Crippen LogP contribution is -2.51. The Bertz CT molecular complexity index is 1070. The number of amides is 1. The summed E-state index contributed by atoms with van der Waals surface area (Å²) in [6, 6.07) is 18.4. The summed E-state index contributed by atoms with van der Waals surface area (Å²) in [5.41, 5.74) is -1.31. The van der Waals surface area contributed by atoms with Gasteiger partial charge in [-0.15, -0.1) is 0 Å². The van der Waals surface area contributed by atoms with Crippen molar-refractivity contribution in [2.45, 2.75) is 25.1 Å². The second-order valence-electron chi connectivity index (χ2n) is 7.04. The molecule has 0 bridgehead atoms. The summed E-state index contributed by atoms with van der Waals surface area (Å²) in [5, 5.41) is 2.63. The lowest BCUT2D eigenvalue weighted by atomic mass is 9.79. The number of aromatic nitrogens is 1. The van der Waals surface area contributed by atoms with E-state index in [1.54, 1.807) is 55.5 Å². The fraction of sp³-hybridized carbons (Fsp3) is 0.208. The molecule has 0 fully saturated rings. The van der Waals surface area contributed by atoms with Gasteiger partial charge in [0.05, 0.1) is 17.9 Å². The number of hydrogen-bond donors (Lipinski definition) is 1. The maximum atomic E-state index is 13.5. The van der Waals surface area contributed by atoms with Gasteiger partial charge in [0.25, 0.3) is 0 Å². The second kappa shape index (κ2) is 9.64. The van der Waals surface area contributed by atoms with Gasteiger partial charge in [0.15, 0.2) is 0 Å². The van der Waals surface area contributed by atoms with E-state index in [9.17, 15) is 22.8 Å². The van der Waals surface area contributed by atoms with Crippen LogP contribution in [0.25, 0.3) is 0 Å². The van der Waals surface area contributed by atoms with E-state index < -0.39 is 29.2 Å². The van der Waals surface area contributed by atoms with Crippen LogP contribution < -0.4 is 5.32 Å². The van der Waals surface area contributed by atoms with Crippen LogP contribution in [0.4, 0.5) is 13.2 Å². The molecule has 0 aliphatic rings. The van der Waals surface area contributed by atoms with Crippen molar-refractivity contribution < 1.29 is 27.5 Å². The molecule has 2 aromatic carbocycles. The van der Waals surface area contributed by atoms with Crippen LogP contribution in [-0.2, 0) is 32.5 Å². The highest BCUT2D eigenvalue weighted by molar-refractivity contribution is 6.32. The molecule has 1 heterocycles. The van der Waals surface area contributed by atoms with Gasteiger partial charge in [0.1, 0.15) is 5.54 Å². The van der Waals surface area contributed by atoms with Crippen molar-refractivity contribution in [2.24, 2.45) is 0 Å². The summed E-state index contributed by atoms with van der Waals surface area (Å²) >= 11 is 0. The molecule has 1 N–H and O–H groups in total. The number of halogens is 3. The van der Waals surface area contributed by atoms with Crippen LogP contribution >= 0.6 is 0 Å². The zero-order valence-electron chi connectivity index (χ0n) is 17.2. The molecule has 0 saturated heterocycles. The number of esters is 1. The molecule has 0 aliphatic carbocycles. The molecule has 0 aliphatic heterocycles. The first-order valence-electron chi connectivity index (χ1n) is 9.88. The van der Waals surface area contributed by atoms with E-state index in [4.69, 9.17) is 4.74 Å². The summed E-state index contributed by atoms with van der Waals surface area (Å²) < 4.78 is 45.3. The first-order valence-corrected chi connectivity index (χ1v) is 9.88. The molecule has 32 heavy (non-hydrogen) atoms. The van der Waals surface area contributed by atoms with Crippen molar-refractivity contribution in [3.8, 4) is 0 Å². The quantitative estimate of drug-likeness (QED) is 0.458. The summed E-state index contributed by atoms with van der Waals surface area (Å²) in [6.45, 7) is 1.53. The lowest BCUT2D eigenvalue weighted by Gasteiger charge is -2.35. The van der Waals surface area contributed by atoms with Crippen LogP contribution in [-0.4, -0.2) is 23.5 Å². The Kier molecular flexibility index (Phi) is 6.92. The highest BCUT2D eigenvalue weighted by atomic mass is 19.4. The molecule has 0 saturated carbocycles. The molecule has 1 amide bonds. The maximum absolute atomic E-state index is 13.5. The topological polar surface area (TPSA) is 68.3 Å². The number of carbonyl (C=O) groups excluding carboxylic acids is 2. The van der Waals surface area contributed by atoms with Gasteiger partial charge in [0, 0.05) is 12.6 Å². The summed E-state index contributed by atoms with van der Waals surface area (Å²) in [7, 11) is 0. The van der Waals surface area contributed by atoms with Gasteiger partial charge in [-0.1, -0.05) is 48.5 Å². The maximum Gasteiger partial charge on any atom is 0.416 e. The normalized spacial score (nSPS) is 13.1. The Morgan fingerprint density at radius 3 is 2.25 bits per heavy atom. The molecule has 1 unspecified atom stereocenters. The van der Waals surface area contributed by atoms with Gasteiger partial charge < -0.3 is 10.1 Å². The van der Waals surface area contributed by atoms with Gasteiger partial charge in [-0.05, 0) is 42.3 Å². The minimum Gasteiger partial charge on any atom is -0.459 e. The number of ether oxygens (including phenoxy) is 1. The number of rotatable bonds is 6. The van der Waals surface area contributed by atoms with E-state index in [1.807, 2.05) is 0 Å². The molecule has 5 nitrogen and oxygen atoms in total. The summed E-state index contributed by atoms with van der Waals surface area (Å²) in [5.74, 6) is -2.21. The zero-order chi connectivity index (χ0) is 23.2. The van der Waals surface area contributed by atoms with Crippen LogP contribution in [0.5, 0.6) is 0 Å². The molecule has 0 radical (unpaired) electrons. The molecule has 166 valence electrons. The van der Waals surface area contributed by atoms with Crippen molar-refractivity contribution in [1.29, 1.82) is 0 Å². The highest BCUT2D eigenvalue weighted by Crippen LogP contribution is 2.36. The smallest absolute Gasteiger partial charge is 0.416 e. The van der Waals surface area contributed by atoms with Gasteiger partial charge in [-0.3, -0.25) is 9.78 Å². The fourth-order valence-electron chi connectivity index (χ4n) is 3.44. The number of alkyl halides is 3. The standard InChI is InChI=1S/C24H21F3N2O3/c1-2-32-22(31)21(30)29-23(20-13-6-7-14-28-20,16-17-9-4-3-5-10-17)18-11-8-12-19(15-18)24(25,26)27/h3-15H,2,16H2,1H3,(H,29,30). The zero-order valence-corrected chi connectivity index (χ0v) is 17.2. The van der Waals surface area contributed by atoms with Gasteiger partial charge in [0.2, 0.25) is 0 Å². The second-order valence-corrected chi connectivity index (χ2v) is 7.04. The van der Waals surface area contributed by atoms with Crippen LogP contribution in [0.15, 0.2) is 79.0 Å². The number of nitrogens with zero attached hydrogens (tertiary/aromatic N) is 1. The predicted molar refractivity (Wildman–Crippen MR) is 111 cm³/mol. The van der Waals surface area contributed by atoms with Crippen molar-refractivity contribution in [1.82, 2.24) is 10.3 Å². The molecule has 8 heteroatoms. The fourth-order valence-corrected chi connectivity index (χ4v) is 3.44. The van der Waals surface area contributed by atoms with Crippen LogP contribution in [0.3, 0.4) is 0 Å². The molecule has 3 aromatic rings. The number of pyridine rings is 1. The van der Waals surface area contributed by atoms with Crippen molar-refractivity contribution >= 4 is 11.9 Å². The number of carbonyl (C=O) groups is 2. The molecular weight excluding hydrogens is 421 g/mol. The first kappa shape index (κ1) is 23.0. The SMILES string of the molecule is CCOC(=O)C(=O)NC(Cc1ccccc1)(c1cccc(C(F)(F)F)c1)c1ccccn1. The highest BCUT2D eigenvalue weighted by Gasteiger charge is 2.41. The minimum atomic E-state index is -4.59. The minimum absolute atomic E-state index is 0.0227. The van der Waals surface area contributed by atoms with Crippen molar-refractivity contribution in [3.63, 3.8) is 0 Å². The summed E-state index contributed by atoms with van der Waals surface area (Å²) in [4.78, 5) is 29.2. The number of nitrogens with one attached hydrogen (secondary N) is 1. The predicted octanol–water partition coefficient (Wildman–Crippen LogP) is 4.27. The third kappa shape index (κ3) is 5.14. The first-order chi connectivity index (χ1) is 15.3. The number of hydrogen-bond acceptors (Lipinski definition) is 4. The van der Waals surface area contributed by atoms with Gasteiger partial charge in [-0.25, -0.2) is 4.79 Å². The van der Waals surface area contributed by atoms with E-state index in [-0.39, 0.29) is 24.3 Å². The van der Waals surface area contributed by atoms with E-state index in [0.29, 0.717) is 0 Å². The lowest BCUT2D eigenvalue weighted by molar-refractivity contribution is -0.155. The average molecular weight is 442 g/mol. The van der Waals surface area contributed by atoms with Crippen molar-refractivity contribution in [2.75, 3.05) is 6.61 Å². The number of benzene rings is 2. The Balaban J connectivity index is 2.23. The largest absolute Gasteiger partial charge is 0.459 e. The van der Waals surface area contributed by atoms with Gasteiger partial charge in [-0.2, -0.15) is 13.2 Å². The van der Waals surface area contributed by atoms with Crippen molar-refractivity contribution in [3.05, 3.63) is 101 Å². The van der Waals surface area contributed by atoms with E-state index in [2.05, 4.69) is 10.3 Å². The third-order valence-corrected chi connectivity index (χ3v) is 4.88. The molecule has 3 rings (SSSR count). The average Bonchev–Trinajstić information content (AvgIpc) is 2.79. The molecule has 0 spiro atoms. The van der Waals surface area contributed by atoms with E-state index >= 15 is 0 Å². The van der Waals surface area contributed by atoms with Crippen LogP contribution in [0.2, 0.25) is 0 Å². The monoisotopic (exact) mass is 442 g/mol. The van der Waals surface area contributed by atoms with Crippen LogP contribution in [0.1, 0.15) is 29.3 Å². The Labute approximate surface area is 183 Å². The summed E-state index contributed by atoms with van der Waals surface area (Å²) in [6.07, 6.45) is -3.07.